The van der Waals surface area contributed by atoms with E-state index >= 15 is 0 Å². The number of morpholine rings is 1. The highest BCUT2D eigenvalue weighted by Gasteiger charge is 2.43. The van der Waals surface area contributed by atoms with Crippen LogP contribution in [0.1, 0.15) is 37.4 Å². The van der Waals surface area contributed by atoms with E-state index in [1.165, 1.54) is 6.08 Å². The predicted molar refractivity (Wildman–Crippen MR) is 145 cm³/mol. The summed E-state index contributed by atoms with van der Waals surface area (Å²) in [5, 5.41) is 10.9. The van der Waals surface area contributed by atoms with E-state index in [1.807, 2.05) is 50.2 Å². The van der Waals surface area contributed by atoms with Crippen molar-refractivity contribution < 1.29 is 28.9 Å². The lowest BCUT2D eigenvalue weighted by molar-refractivity contribution is -0.129. The van der Waals surface area contributed by atoms with E-state index in [2.05, 4.69) is 4.90 Å². The molecular formula is C30H36N2O6. The molecule has 38 heavy (non-hydrogen) atoms. The van der Waals surface area contributed by atoms with Gasteiger partial charge in [-0.2, -0.15) is 0 Å². The Morgan fingerprint density at radius 2 is 1.74 bits per heavy atom. The Balaban J connectivity index is 1.64. The van der Waals surface area contributed by atoms with Crippen LogP contribution in [0.3, 0.4) is 0 Å². The molecule has 4 rings (SSSR count). The van der Waals surface area contributed by atoms with Crippen LogP contribution in [0.4, 0.5) is 0 Å². The first-order chi connectivity index (χ1) is 18.5. The molecule has 8 heteroatoms. The molecule has 2 aliphatic rings. The first kappa shape index (κ1) is 27.4. The average Bonchev–Trinajstić information content (AvgIpc) is 3.19. The highest BCUT2D eigenvalue weighted by atomic mass is 16.5. The molecule has 1 unspecified atom stereocenters. The van der Waals surface area contributed by atoms with Crippen LogP contribution in [0.25, 0.3) is 6.08 Å². The van der Waals surface area contributed by atoms with E-state index in [0.29, 0.717) is 56.5 Å². The monoisotopic (exact) mass is 520 g/mol. The van der Waals surface area contributed by atoms with Crippen molar-refractivity contribution in [2.24, 2.45) is 0 Å². The van der Waals surface area contributed by atoms with Crippen molar-refractivity contribution in [1.29, 1.82) is 0 Å². The first-order valence-electron chi connectivity index (χ1n) is 13.2. The van der Waals surface area contributed by atoms with Crippen molar-refractivity contribution in [3.05, 3.63) is 77.1 Å². The molecule has 2 aliphatic heterocycles. The first-order valence-corrected chi connectivity index (χ1v) is 13.2. The molecule has 0 bridgehead atoms. The predicted octanol–water partition coefficient (Wildman–Crippen LogP) is 4.18. The number of aliphatic hydroxyl groups excluding tert-OH is 1. The van der Waals surface area contributed by atoms with Gasteiger partial charge in [-0.25, -0.2) is 0 Å². The number of hydrogen-bond donors (Lipinski definition) is 1. The molecule has 1 atom stereocenters. The van der Waals surface area contributed by atoms with Gasteiger partial charge in [-0.15, -0.1) is 0 Å². The van der Waals surface area contributed by atoms with Crippen LogP contribution in [0.15, 0.2) is 65.9 Å². The number of carbonyl (C=O) groups is 2. The second-order valence-electron chi connectivity index (χ2n) is 9.15. The van der Waals surface area contributed by atoms with E-state index in [4.69, 9.17) is 14.2 Å². The summed E-state index contributed by atoms with van der Waals surface area (Å²) in [7, 11) is 0. The van der Waals surface area contributed by atoms with Crippen LogP contribution < -0.4 is 9.47 Å². The lowest BCUT2D eigenvalue weighted by Crippen LogP contribution is -2.39. The van der Waals surface area contributed by atoms with Gasteiger partial charge in [0.1, 0.15) is 0 Å². The molecule has 1 fully saturated rings. The van der Waals surface area contributed by atoms with Gasteiger partial charge in [0, 0.05) is 26.2 Å². The van der Waals surface area contributed by atoms with Crippen LogP contribution in [-0.2, 0) is 14.3 Å². The van der Waals surface area contributed by atoms with Crippen molar-refractivity contribution in [2.75, 3.05) is 52.6 Å². The van der Waals surface area contributed by atoms with Gasteiger partial charge in [-0.3, -0.25) is 14.5 Å². The molecule has 2 aromatic carbocycles. The topological polar surface area (TPSA) is 88.5 Å². The number of carbonyl (C=O) groups excluding carboxylic acids is 2. The molecule has 1 saturated heterocycles. The summed E-state index contributed by atoms with van der Waals surface area (Å²) in [6, 6.07) is 14.1. The third kappa shape index (κ3) is 6.44. The Kier molecular flexibility index (Phi) is 9.56. The highest BCUT2D eigenvalue weighted by molar-refractivity contribution is 6.14. The molecule has 2 heterocycles. The number of ketones is 1. The number of allylic oxidation sites excluding steroid dienone is 1. The minimum atomic E-state index is -0.741. The lowest BCUT2D eigenvalue weighted by atomic mass is 9.95. The van der Waals surface area contributed by atoms with Gasteiger partial charge in [0.25, 0.3) is 5.91 Å². The van der Waals surface area contributed by atoms with Crippen molar-refractivity contribution >= 4 is 17.8 Å². The molecule has 0 radical (unpaired) electrons. The summed E-state index contributed by atoms with van der Waals surface area (Å²) < 4.78 is 17.0. The summed E-state index contributed by atoms with van der Waals surface area (Å²) in [6.07, 6.45) is 3.80. The molecule has 0 aromatic heterocycles. The van der Waals surface area contributed by atoms with Crippen molar-refractivity contribution in [3.63, 3.8) is 0 Å². The molecule has 1 amide bonds. The molecule has 0 saturated carbocycles. The Morgan fingerprint density at radius 3 is 2.45 bits per heavy atom. The fraction of sp³-hybridized carbons (Fsp3) is 0.400. The molecule has 8 nitrogen and oxygen atoms in total. The number of rotatable bonds is 12. The molecule has 0 aliphatic carbocycles. The third-order valence-electron chi connectivity index (χ3n) is 6.66. The zero-order chi connectivity index (χ0) is 26.9. The molecule has 0 spiro atoms. The van der Waals surface area contributed by atoms with E-state index in [9.17, 15) is 14.7 Å². The Labute approximate surface area is 224 Å². The van der Waals surface area contributed by atoms with Crippen LogP contribution in [0, 0.1) is 0 Å². The number of benzene rings is 2. The van der Waals surface area contributed by atoms with E-state index in [-0.39, 0.29) is 5.57 Å². The number of ether oxygens (including phenoxy) is 3. The van der Waals surface area contributed by atoms with Gasteiger partial charge in [0.2, 0.25) is 0 Å². The van der Waals surface area contributed by atoms with Crippen molar-refractivity contribution in [3.8, 4) is 11.5 Å². The van der Waals surface area contributed by atoms with Crippen LogP contribution in [0.5, 0.6) is 11.5 Å². The van der Waals surface area contributed by atoms with Crippen LogP contribution in [-0.4, -0.2) is 79.2 Å². The minimum Gasteiger partial charge on any atom is -0.503 e. The number of amides is 1. The van der Waals surface area contributed by atoms with Crippen molar-refractivity contribution in [2.45, 2.75) is 26.3 Å². The zero-order valence-corrected chi connectivity index (χ0v) is 22.1. The van der Waals surface area contributed by atoms with Gasteiger partial charge in [0.05, 0.1) is 38.0 Å². The third-order valence-corrected chi connectivity index (χ3v) is 6.66. The maximum atomic E-state index is 13.4. The summed E-state index contributed by atoms with van der Waals surface area (Å²) >= 11 is 0. The van der Waals surface area contributed by atoms with Crippen molar-refractivity contribution in [1.82, 2.24) is 9.80 Å². The van der Waals surface area contributed by atoms with Gasteiger partial charge in [-0.05, 0) is 49.6 Å². The second-order valence-corrected chi connectivity index (χ2v) is 9.15. The lowest BCUT2D eigenvalue weighted by Gasteiger charge is -2.30. The quantitative estimate of drug-likeness (QED) is 0.420. The standard InChI is InChI=1S/C30H36N2O6/c1-3-37-25-14-12-23(21-26(25)38-4-2)28-27(24(33)13-11-22-9-6-5-7-10-22)29(34)30(35)32(28)16-8-15-31-17-19-36-20-18-31/h5-7,9-14,21,28,34H,3-4,8,15-20H2,1-2H3. The summed E-state index contributed by atoms with van der Waals surface area (Å²) in [4.78, 5) is 30.6. The average molecular weight is 521 g/mol. The fourth-order valence-electron chi connectivity index (χ4n) is 4.84. The summed E-state index contributed by atoms with van der Waals surface area (Å²) in [6.45, 7) is 8.98. The van der Waals surface area contributed by atoms with E-state index < -0.39 is 23.5 Å². The Hall–Kier alpha value is -3.62. The van der Waals surface area contributed by atoms with Crippen LogP contribution in [0.2, 0.25) is 0 Å². The smallest absolute Gasteiger partial charge is 0.290 e. The maximum Gasteiger partial charge on any atom is 0.290 e. The highest BCUT2D eigenvalue weighted by Crippen LogP contribution is 2.41. The van der Waals surface area contributed by atoms with Crippen LogP contribution >= 0.6 is 0 Å². The Morgan fingerprint density at radius 1 is 1.03 bits per heavy atom. The van der Waals surface area contributed by atoms with Gasteiger partial charge in [-0.1, -0.05) is 42.5 Å². The Bertz CT molecular complexity index is 1170. The van der Waals surface area contributed by atoms with E-state index in [1.54, 1.807) is 23.1 Å². The molecular weight excluding hydrogens is 484 g/mol. The molecule has 1 N–H and O–H groups in total. The summed E-state index contributed by atoms with van der Waals surface area (Å²) in [5.41, 5.74) is 1.60. The van der Waals surface area contributed by atoms with E-state index in [0.717, 1.165) is 25.2 Å². The SMILES string of the molecule is CCOc1ccc(C2C(C(=O)C=Cc3ccccc3)=C(O)C(=O)N2CCCN2CCOCC2)cc1OCC. The fourth-order valence-corrected chi connectivity index (χ4v) is 4.84. The number of nitrogens with zero attached hydrogens (tertiary/aromatic N) is 2. The zero-order valence-electron chi connectivity index (χ0n) is 22.1. The molecule has 202 valence electrons. The van der Waals surface area contributed by atoms with Gasteiger partial charge in [0.15, 0.2) is 23.0 Å². The molecule has 2 aromatic rings. The second kappa shape index (κ2) is 13.3. The minimum absolute atomic E-state index is 0.0696. The summed E-state index contributed by atoms with van der Waals surface area (Å²) in [5.74, 6) is -0.333. The number of aliphatic hydroxyl groups is 1. The maximum absolute atomic E-state index is 13.4. The van der Waals surface area contributed by atoms with Gasteiger partial charge < -0.3 is 24.2 Å². The largest absolute Gasteiger partial charge is 0.503 e. The number of hydrogen-bond acceptors (Lipinski definition) is 7. The normalized spacial score (nSPS) is 18.4. The van der Waals surface area contributed by atoms with Gasteiger partial charge >= 0.3 is 0 Å².